The molecule has 0 spiro atoms. The molecule has 5 heterocycles. The Labute approximate surface area is 266 Å². The fourth-order valence-corrected chi connectivity index (χ4v) is 3.31. The quantitative estimate of drug-likeness (QED) is 0.199. The van der Waals surface area contributed by atoms with Crippen molar-refractivity contribution in [3.63, 3.8) is 0 Å². The van der Waals surface area contributed by atoms with Crippen LogP contribution in [0, 0.1) is 20.8 Å². The zero-order valence-electron chi connectivity index (χ0n) is 29.0. The van der Waals surface area contributed by atoms with Crippen LogP contribution in [0.25, 0.3) is 0 Å². The number of hydrogen-bond acceptors (Lipinski definition) is 13. The molecular weight excluding hydrogens is 600 g/mol. The summed E-state index contributed by atoms with van der Waals surface area (Å²) in [5, 5.41) is 21.3. The maximum Gasteiger partial charge on any atom is 0.304 e. The van der Waals surface area contributed by atoms with E-state index < -0.39 is 0 Å². The zero-order valence-corrected chi connectivity index (χ0v) is 29.0. The number of rotatable bonds is 5. The Balaban J connectivity index is 0.000000288. The minimum Gasteiger partial charge on any atom is -0.425 e. The Bertz CT molecular complexity index is 1660. The first-order valence-electron chi connectivity index (χ1n) is 14.9. The van der Waals surface area contributed by atoms with Gasteiger partial charge in [-0.3, -0.25) is 19.0 Å². The standard InChI is InChI=1S/C7H11NO2.2C6H10N2O.C6H9NO2.C5H8N2O2/c1-4(2)6-5(3)10-8-7(6)9;1-4(2)6-8-7-5(3)9-6;1-4(2)6-7-5(3)8-9-6;1-4(2)5-3-6(8)7-9-5;1-3(2)4-5(8)7-9-6-4/h4H,1-3H3,(H,8,9);2*4H,1-3H3;3-4H,1-2H3,(H,7,8);3H,1-2H3,(H,7,8). The lowest BCUT2D eigenvalue weighted by molar-refractivity contribution is 0.299. The Hall–Kier alpha value is -4.76. The highest BCUT2D eigenvalue weighted by Crippen LogP contribution is 2.13. The van der Waals surface area contributed by atoms with Crippen molar-refractivity contribution in [2.45, 2.75) is 120 Å². The van der Waals surface area contributed by atoms with E-state index in [0.29, 0.717) is 52.5 Å². The van der Waals surface area contributed by atoms with Crippen LogP contribution in [0.15, 0.2) is 43.1 Å². The van der Waals surface area contributed by atoms with E-state index in [-0.39, 0.29) is 34.4 Å². The summed E-state index contributed by atoms with van der Waals surface area (Å²) in [5.74, 6) is 5.51. The van der Waals surface area contributed by atoms with Crippen LogP contribution in [-0.4, -0.2) is 41.0 Å². The third kappa shape index (κ3) is 13.5. The van der Waals surface area contributed by atoms with E-state index in [1.165, 1.54) is 6.07 Å². The van der Waals surface area contributed by atoms with Gasteiger partial charge in [-0.15, -0.1) is 10.2 Å². The van der Waals surface area contributed by atoms with Crippen molar-refractivity contribution in [3.8, 4) is 0 Å². The van der Waals surface area contributed by atoms with Crippen LogP contribution in [0.2, 0.25) is 0 Å². The molecular formula is C30H48N8O8. The van der Waals surface area contributed by atoms with Crippen LogP contribution in [0.3, 0.4) is 0 Å². The highest BCUT2D eigenvalue weighted by atomic mass is 16.6. The van der Waals surface area contributed by atoms with Crippen LogP contribution in [0.4, 0.5) is 0 Å². The van der Waals surface area contributed by atoms with Crippen molar-refractivity contribution in [1.82, 2.24) is 41.0 Å². The van der Waals surface area contributed by atoms with Crippen LogP contribution in [0.5, 0.6) is 0 Å². The monoisotopic (exact) mass is 648 g/mol. The van der Waals surface area contributed by atoms with E-state index in [0.717, 1.165) is 5.56 Å². The lowest BCUT2D eigenvalue weighted by Gasteiger charge is -1.96. The number of nitrogens with one attached hydrogen (secondary N) is 3. The summed E-state index contributed by atoms with van der Waals surface area (Å²) in [7, 11) is 0. The Morgan fingerprint density at radius 1 is 0.652 bits per heavy atom. The van der Waals surface area contributed by atoms with E-state index >= 15 is 0 Å². The molecule has 0 saturated heterocycles. The molecule has 0 saturated carbocycles. The van der Waals surface area contributed by atoms with Crippen LogP contribution in [-0.2, 0) is 0 Å². The van der Waals surface area contributed by atoms with Gasteiger partial charge in [0.2, 0.25) is 17.7 Å². The minimum absolute atomic E-state index is 0.104. The molecule has 0 aliphatic heterocycles. The molecule has 16 nitrogen and oxygen atoms in total. The van der Waals surface area contributed by atoms with E-state index in [9.17, 15) is 14.4 Å². The zero-order chi connectivity index (χ0) is 35.1. The van der Waals surface area contributed by atoms with Gasteiger partial charge in [0, 0.05) is 36.7 Å². The smallest absolute Gasteiger partial charge is 0.304 e. The van der Waals surface area contributed by atoms with Gasteiger partial charge in [-0.1, -0.05) is 79.6 Å². The molecule has 0 bridgehead atoms. The number of aryl methyl sites for hydroxylation is 3. The van der Waals surface area contributed by atoms with Crippen molar-refractivity contribution in [3.05, 3.63) is 83.4 Å². The first kappa shape index (κ1) is 39.3. The van der Waals surface area contributed by atoms with Crippen molar-refractivity contribution in [2.75, 3.05) is 0 Å². The topological polar surface area (TPSA) is 229 Å². The molecule has 16 heteroatoms. The number of aromatic amines is 3. The molecule has 0 unspecified atom stereocenters. The second kappa shape index (κ2) is 18.9. The summed E-state index contributed by atoms with van der Waals surface area (Å²) in [4.78, 5) is 36.1. The third-order valence-electron chi connectivity index (χ3n) is 5.74. The highest BCUT2D eigenvalue weighted by Gasteiger charge is 2.11. The summed E-state index contributed by atoms with van der Waals surface area (Å²) in [6.45, 7) is 25.1. The Morgan fingerprint density at radius 3 is 1.50 bits per heavy atom. The molecule has 5 rings (SSSR count). The van der Waals surface area contributed by atoms with Gasteiger partial charge >= 0.3 is 5.56 Å². The van der Waals surface area contributed by atoms with Gasteiger partial charge < -0.3 is 18.0 Å². The van der Waals surface area contributed by atoms with Gasteiger partial charge in [-0.2, -0.15) is 20.5 Å². The van der Waals surface area contributed by atoms with Crippen LogP contribution >= 0.6 is 0 Å². The highest BCUT2D eigenvalue weighted by molar-refractivity contribution is 5.15. The molecule has 5 aromatic rings. The molecule has 0 amide bonds. The van der Waals surface area contributed by atoms with Crippen LogP contribution in [0.1, 0.15) is 145 Å². The van der Waals surface area contributed by atoms with Gasteiger partial charge in [0.25, 0.3) is 11.1 Å². The lowest BCUT2D eigenvalue weighted by Crippen LogP contribution is -2.07. The molecule has 0 aliphatic rings. The second-order valence-corrected chi connectivity index (χ2v) is 11.7. The summed E-state index contributed by atoms with van der Waals surface area (Å²) >= 11 is 0. The largest absolute Gasteiger partial charge is 0.425 e. The normalized spacial score (nSPS) is 10.7. The average Bonchev–Trinajstić information content (AvgIpc) is 3.79. The van der Waals surface area contributed by atoms with Gasteiger partial charge in [0.15, 0.2) is 11.5 Å². The first-order valence-corrected chi connectivity index (χ1v) is 14.9. The van der Waals surface area contributed by atoms with E-state index in [4.69, 9.17) is 18.0 Å². The fourth-order valence-electron chi connectivity index (χ4n) is 3.31. The maximum absolute atomic E-state index is 10.9. The fraction of sp³-hybridized carbons (Fsp3) is 0.600. The molecule has 0 fully saturated rings. The summed E-state index contributed by atoms with van der Waals surface area (Å²) in [6.07, 6.45) is 0. The molecule has 3 N–H and O–H groups in total. The van der Waals surface area contributed by atoms with E-state index in [1.54, 1.807) is 13.8 Å². The molecule has 46 heavy (non-hydrogen) atoms. The Morgan fingerprint density at radius 2 is 1.28 bits per heavy atom. The van der Waals surface area contributed by atoms with Crippen molar-refractivity contribution >= 4 is 0 Å². The van der Waals surface area contributed by atoms with Crippen LogP contribution < -0.4 is 16.7 Å². The lowest BCUT2D eigenvalue weighted by atomic mass is 10.1. The number of aromatic nitrogens is 8. The predicted molar refractivity (Wildman–Crippen MR) is 169 cm³/mol. The predicted octanol–water partition coefficient (Wildman–Crippen LogP) is 5.98. The van der Waals surface area contributed by atoms with Crippen molar-refractivity contribution in [1.29, 1.82) is 0 Å². The second-order valence-electron chi connectivity index (χ2n) is 11.7. The first-order chi connectivity index (χ1) is 21.4. The van der Waals surface area contributed by atoms with Crippen molar-refractivity contribution < 1.29 is 22.6 Å². The van der Waals surface area contributed by atoms with Gasteiger partial charge in [-0.05, 0) is 19.8 Å². The molecule has 256 valence electrons. The third-order valence-corrected chi connectivity index (χ3v) is 5.74. The number of nitrogens with zero attached hydrogens (tertiary/aromatic N) is 5. The molecule has 0 radical (unpaired) electrons. The molecule has 0 aromatic carbocycles. The number of hydrogen-bond donors (Lipinski definition) is 3. The van der Waals surface area contributed by atoms with E-state index in [1.807, 2.05) is 76.2 Å². The van der Waals surface area contributed by atoms with E-state index in [2.05, 4.69) is 45.6 Å². The summed E-state index contributed by atoms with van der Waals surface area (Å²) in [6, 6.07) is 1.46. The average molecular weight is 649 g/mol. The van der Waals surface area contributed by atoms with Gasteiger partial charge in [0.1, 0.15) is 11.5 Å². The van der Waals surface area contributed by atoms with Crippen molar-refractivity contribution in [2.24, 2.45) is 0 Å². The molecule has 5 aromatic heterocycles. The van der Waals surface area contributed by atoms with Gasteiger partial charge in [0.05, 0.1) is 5.56 Å². The Kier molecular flexibility index (Phi) is 16.1. The maximum atomic E-state index is 10.9. The molecule has 0 aliphatic carbocycles. The summed E-state index contributed by atoms with van der Waals surface area (Å²) in [5.41, 5.74) is 0.700. The SMILES string of the molecule is CC(C)c1cc(=O)[nH]o1.CC(C)c1no[nH]c1=O.Cc1nnc(C(C)C)o1.Cc1noc(C(C)C)n1.Cc1o[nH]c(=O)c1C(C)C. The van der Waals surface area contributed by atoms with Gasteiger partial charge in [-0.25, -0.2) is 0 Å². The summed E-state index contributed by atoms with van der Waals surface area (Å²) < 4.78 is 23.9. The number of H-pyrrole nitrogens is 3. The minimum atomic E-state index is -0.231. The molecule has 0 atom stereocenters.